The zero-order valence-electron chi connectivity index (χ0n) is 16.4. The van der Waals surface area contributed by atoms with E-state index in [2.05, 4.69) is 18.7 Å². The van der Waals surface area contributed by atoms with Crippen molar-refractivity contribution in [3.63, 3.8) is 0 Å². The molecule has 2 fully saturated rings. The Morgan fingerprint density at radius 1 is 1.00 bits per heavy atom. The van der Waals surface area contributed by atoms with Crippen LogP contribution in [-0.2, 0) is 20.6 Å². The van der Waals surface area contributed by atoms with E-state index in [1.54, 1.807) is 0 Å². The Morgan fingerprint density at radius 2 is 1.59 bits per heavy atom. The number of piperazine rings is 1. The summed E-state index contributed by atoms with van der Waals surface area (Å²) in [5, 5.41) is 0. The standard InChI is InChI=1S/C20H31N3O3S/c1-17-12-18(2)14-21(13-17)15-20(24)22-8-10-23(11-9-22)27(25,26)16-19-6-4-3-5-7-19/h3-7,17-18H,8-16H2,1-2H3/t17-,18-/m1/s1. The van der Waals surface area contributed by atoms with Crippen LogP contribution in [0.3, 0.4) is 0 Å². The second-order valence-corrected chi connectivity index (χ2v) is 10.1. The molecule has 6 nitrogen and oxygen atoms in total. The van der Waals surface area contributed by atoms with Gasteiger partial charge in [-0.25, -0.2) is 8.42 Å². The van der Waals surface area contributed by atoms with Crippen molar-refractivity contribution in [1.82, 2.24) is 14.1 Å². The van der Waals surface area contributed by atoms with E-state index in [-0.39, 0.29) is 11.7 Å². The van der Waals surface area contributed by atoms with E-state index in [9.17, 15) is 13.2 Å². The van der Waals surface area contributed by atoms with Crippen molar-refractivity contribution in [2.75, 3.05) is 45.8 Å². The predicted molar refractivity (Wildman–Crippen MR) is 107 cm³/mol. The molecule has 3 rings (SSSR count). The van der Waals surface area contributed by atoms with Crippen LogP contribution in [0.2, 0.25) is 0 Å². The van der Waals surface area contributed by atoms with Crippen molar-refractivity contribution in [1.29, 1.82) is 0 Å². The first-order valence-corrected chi connectivity index (χ1v) is 11.5. The minimum absolute atomic E-state index is 0.0192. The summed E-state index contributed by atoms with van der Waals surface area (Å²) in [7, 11) is -3.34. The Hall–Kier alpha value is -1.44. The SMILES string of the molecule is C[C@@H]1C[C@@H](C)CN(CC(=O)N2CCN(S(=O)(=O)Cc3ccccc3)CC2)C1. The second-order valence-electron chi connectivity index (χ2n) is 8.16. The van der Waals surface area contributed by atoms with Gasteiger partial charge >= 0.3 is 0 Å². The number of amides is 1. The molecular formula is C20H31N3O3S. The fraction of sp³-hybridized carbons (Fsp3) is 0.650. The van der Waals surface area contributed by atoms with Gasteiger partial charge in [0.2, 0.25) is 15.9 Å². The highest BCUT2D eigenvalue weighted by Gasteiger charge is 2.30. The zero-order valence-corrected chi connectivity index (χ0v) is 17.2. The quantitative estimate of drug-likeness (QED) is 0.763. The maximum atomic E-state index is 12.6. The van der Waals surface area contributed by atoms with Gasteiger partial charge in [0.1, 0.15) is 0 Å². The number of sulfonamides is 1. The number of rotatable bonds is 5. The molecule has 0 spiro atoms. The number of likely N-dealkylation sites (tertiary alicyclic amines) is 1. The minimum atomic E-state index is -3.34. The van der Waals surface area contributed by atoms with Crippen LogP contribution >= 0.6 is 0 Å². The molecule has 0 unspecified atom stereocenters. The van der Waals surface area contributed by atoms with Gasteiger partial charge in [0, 0.05) is 39.3 Å². The van der Waals surface area contributed by atoms with Crippen molar-refractivity contribution >= 4 is 15.9 Å². The van der Waals surface area contributed by atoms with E-state index in [1.165, 1.54) is 10.7 Å². The average molecular weight is 394 g/mol. The molecule has 2 saturated heterocycles. The first kappa shape index (κ1) is 20.3. The van der Waals surface area contributed by atoms with Crippen LogP contribution in [0.1, 0.15) is 25.8 Å². The van der Waals surface area contributed by atoms with E-state index in [1.807, 2.05) is 35.2 Å². The van der Waals surface area contributed by atoms with Gasteiger partial charge in [-0.2, -0.15) is 4.31 Å². The first-order valence-electron chi connectivity index (χ1n) is 9.85. The molecule has 150 valence electrons. The lowest BCUT2D eigenvalue weighted by Gasteiger charge is -2.38. The number of benzene rings is 1. The van der Waals surface area contributed by atoms with Crippen molar-refractivity contribution < 1.29 is 13.2 Å². The van der Waals surface area contributed by atoms with Gasteiger partial charge in [0.15, 0.2) is 0 Å². The molecule has 0 N–H and O–H groups in total. The van der Waals surface area contributed by atoms with Gasteiger partial charge in [-0.3, -0.25) is 9.69 Å². The lowest BCUT2D eigenvalue weighted by molar-refractivity contribution is -0.134. The molecule has 7 heteroatoms. The highest BCUT2D eigenvalue weighted by molar-refractivity contribution is 7.88. The summed E-state index contributed by atoms with van der Waals surface area (Å²) in [6, 6.07) is 9.24. The van der Waals surface area contributed by atoms with Crippen LogP contribution in [0.25, 0.3) is 0 Å². The molecule has 2 aliphatic rings. The fourth-order valence-corrected chi connectivity index (χ4v) is 5.82. The summed E-state index contributed by atoms with van der Waals surface area (Å²) in [6.45, 7) is 8.60. The molecule has 1 aromatic carbocycles. The monoisotopic (exact) mass is 393 g/mol. The van der Waals surface area contributed by atoms with E-state index < -0.39 is 10.0 Å². The summed E-state index contributed by atoms with van der Waals surface area (Å²) < 4.78 is 26.8. The Morgan fingerprint density at radius 3 is 2.19 bits per heavy atom. The van der Waals surface area contributed by atoms with Crippen LogP contribution in [-0.4, -0.2) is 74.2 Å². The van der Waals surface area contributed by atoms with Gasteiger partial charge in [0.05, 0.1) is 12.3 Å². The van der Waals surface area contributed by atoms with Gasteiger partial charge in [-0.1, -0.05) is 44.2 Å². The normalized spacial score (nSPS) is 25.5. The molecule has 0 aliphatic carbocycles. The molecule has 2 atom stereocenters. The van der Waals surface area contributed by atoms with E-state index in [0.717, 1.165) is 18.7 Å². The van der Waals surface area contributed by atoms with Gasteiger partial charge in [-0.05, 0) is 23.8 Å². The fourth-order valence-electron chi connectivity index (χ4n) is 4.30. The molecule has 0 saturated carbocycles. The number of hydrogen-bond acceptors (Lipinski definition) is 4. The Balaban J connectivity index is 1.50. The first-order chi connectivity index (χ1) is 12.8. The number of hydrogen-bond donors (Lipinski definition) is 0. The number of carbonyl (C=O) groups is 1. The molecule has 2 heterocycles. The number of nitrogens with zero attached hydrogens (tertiary/aromatic N) is 3. The molecule has 0 aromatic heterocycles. The number of carbonyl (C=O) groups excluding carboxylic acids is 1. The third kappa shape index (κ3) is 5.53. The topological polar surface area (TPSA) is 60.9 Å². The van der Waals surface area contributed by atoms with Crippen LogP contribution in [0.4, 0.5) is 0 Å². The van der Waals surface area contributed by atoms with Gasteiger partial charge < -0.3 is 4.90 Å². The predicted octanol–water partition coefficient (Wildman–Crippen LogP) is 1.64. The Kier molecular flexibility index (Phi) is 6.55. The molecule has 1 amide bonds. The van der Waals surface area contributed by atoms with Crippen molar-refractivity contribution in [2.45, 2.75) is 26.0 Å². The molecular weight excluding hydrogens is 362 g/mol. The Labute approximate surface area is 163 Å². The largest absolute Gasteiger partial charge is 0.339 e. The third-order valence-electron chi connectivity index (χ3n) is 5.48. The van der Waals surface area contributed by atoms with Gasteiger partial charge in [-0.15, -0.1) is 0 Å². The molecule has 0 radical (unpaired) electrons. The lowest BCUT2D eigenvalue weighted by atomic mass is 9.92. The van der Waals surface area contributed by atoms with Crippen molar-refractivity contribution in [3.8, 4) is 0 Å². The minimum Gasteiger partial charge on any atom is -0.339 e. The average Bonchev–Trinajstić information content (AvgIpc) is 2.61. The van der Waals surface area contributed by atoms with Crippen LogP contribution < -0.4 is 0 Å². The molecule has 2 aliphatic heterocycles. The summed E-state index contributed by atoms with van der Waals surface area (Å²) >= 11 is 0. The maximum Gasteiger partial charge on any atom is 0.236 e. The highest BCUT2D eigenvalue weighted by atomic mass is 32.2. The molecule has 1 aromatic rings. The zero-order chi connectivity index (χ0) is 19.4. The second kappa shape index (κ2) is 8.71. The highest BCUT2D eigenvalue weighted by Crippen LogP contribution is 2.21. The van der Waals surface area contributed by atoms with E-state index in [4.69, 9.17) is 0 Å². The third-order valence-corrected chi connectivity index (χ3v) is 7.33. The summed E-state index contributed by atoms with van der Waals surface area (Å²) in [6.07, 6.45) is 1.22. The smallest absolute Gasteiger partial charge is 0.236 e. The summed E-state index contributed by atoms with van der Waals surface area (Å²) in [5.74, 6) is 1.39. The van der Waals surface area contributed by atoms with Crippen LogP contribution in [0.15, 0.2) is 30.3 Å². The van der Waals surface area contributed by atoms with E-state index in [0.29, 0.717) is 44.6 Å². The van der Waals surface area contributed by atoms with Gasteiger partial charge in [0.25, 0.3) is 0 Å². The summed E-state index contributed by atoms with van der Waals surface area (Å²) in [5.41, 5.74) is 0.796. The van der Waals surface area contributed by atoms with Crippen LogP contribution in [0, 0.1) is 11.8 Å². The molecule has 0 bridgehead atoms. The maximum absolute atomic E-state index is 12.6. The number of piperidine rings is 1. The molecule has 27 heavy (non-hydrogen) atoms. The van der Waals surface area contributed by atoms with E-state index >= 15 is 0 Å². The van der Waals surface area contributed by atoms with Crippen molar-refractivity contribution in [2.24, 2.45) is 11.8 Å². The Bertz CT molecular complexity index is 720. The van der Waals surface area contributed by atoms with Crippen LogP contribution in [0.5, 0.6) is 0 Å². The van der Waals surface area contributed by atoms with Crippen molar-refractivity contribution in [3.05, 3.63) is 35.9 Å². The summed E-state index contributed by atoms with van der Waals surface area (Å²) in [4.78, 5) is 16.7. The lowest BCUT2D eigenvalue weighted by Crippen LogP contribution is -2.53.